The molecule has 0 saturated heterocycles. The van der Waals surface area contributed by atoms with Gasteiger partial charge in [0.25, 0.3) is 5.56 Å². The summed E-state index contributed by atoms with van der Waals surface area (Å²) in [5, 5.41) is 0. The number of ether oxygens (including phenoxy) is 2. The second-order valence-corrected chi connectivity index (χ2v) is 15.4. The molecule has 4 aromatic carbocycles. The highest BCUT2D eigenvalue weighted by atomic mass is 32.2. The van der Waals surface area contributed by atoms with Crippen molar-refractivity contribution in [2.45, 2.75) is 38.5 Å². The van der Waals surface area contributed by atoms with Gasteiger partial charge < -0.3 is 9.47 Å². The molecule has 8 rings (SSSR count). The van der Waals surface area contributed by atoms with Gasteiger partial charge in [-0.3, -0.25) is 9.36 Å². The molecule has 0 N–H and O–H groups in total. The lowest BCUT2D eigenvalue weighted by Crippen LogP contribution is -2.39. The molecule has 0 radical (unpaired) electrons. The third kappa shape index (κ3) is 6.90. The quantitative estimate of drug-likeness (QED) is 0.148. The van der Waals surface area contributed by atoms with E-state index in [-0.39, 0.29) is 17.1 Å². The minimum absolute atomic E-state index is 0.0257. The van der Waals surface area contributed by atoms with Gasteiger partial charge in [0.1, 0.15) is 16.0 Å². The van der Waals surface area contributed by atoms with Crippen LogP contribution in [0.15, 0.2) is 136 Å². The first-order valence-electron chi connectivity index (χ1n) is 16.4. The number of halogens is 4. The number of nitrogens with zero attached hydrogens (tertiary/aromatic N) is 2. The maximum atomic E-state index is 14.7. The number of hydrogen-bond acceptors (Lipinski definition) is 7. The van der Waals surface area contributed by atoms with Crippen LogP contribution in [0.1, 0.15) is 47.6 Å². The van der Waals surface area contributed by atoms with Crippen LogP contribution in [0.25, 0.3) is 20.1 Å². The molecular weight excluding hydrogens is 729 g/mol. The summed E-state index contributed by atoms with van der Waals surface area (Å²) < 4.78 is 63.9. The smallest absolute Gasteiger partial charge is 0.387 e. The Morgan fingerprint density at radius 3 is 1.85 bits per heavy atom. The Hall–Kier alpha value is -4.78. The van der Waals surface area contributed by atoms with Crippen LogP contribution in [0.5, 0.6) is 11.5 Å². The van der Waals surface area contributed by atoms with Crippen molar-refractivity contribution in [1.29, 1.82) is 0 Å². The zero-order valence-corrected chi connectivity index (χ0v) is 29.6. The predicted octanol–water partition coefficient (Wildman–Crippen LogP) is 9.93. The van der Waals surface area contributed by atoms with Gasteiger partial charge in [0, 0.05) is 9.81 Å². The summed E-state index contributed by atoms with van der Waals surface area (Å²) in [7, 11) is 0. The first-order chi connectivity index (χ1) is 25.3. The molecule has 0 saturated carbocycles. The van der Waals surface area contributed by atoms with Crippen molar-refractivity contribution in [3.05, 3.63) is 168 Å². The molecule has 0 spiro atoms. The van der Waals surface area contributed by atoms with Gasteiger partial charge >= 0.3 is 13.2 Å². The maximum Gasteiger partial charge on any atom is 0.387 e. The van der Waals surface area contributed by atoms with Crippen LogP contribution in [0, 0.1) is 0 Å². The summed E-state index contributed by atoms with van der Waals surface area (Å²) >= 11 is 4.50. The molecule has 1 aliphatic carbocycles. The molecule has 3 aliphatic rings. The Labute approximate surface area is 308 Å². The van der Waals surface area contributed by atoms with E-state index in [9.17, 15) is 22.4 Å². The van der Waals surface area contributed by atoms with Crippen LogP contribution in [0.4, 0.5) is 17.6 Å². The highest BCUT2D eigenvalue weighted by molar-refractivity contribution is 8.41. The number of thiazole rings is 1. The van der Waals surface area contributed by atoms with E-state index in [4.69, 9.17) is 4.99 Å². The Balaban J connectivity index is 1.27. The van der Waals surface area contributed by atoms with Crippen molar-refractivity contribution in [2.75, 3.05) is 0 Å². The van der Waals surface area contributed by atoms with E-state index in [0.29, 0.717) is 15.8 Å². The van der Waals surface area contributed by atoms with Gasteiger partial charge in [-0.1, -0.05) is 120 Å². The second-order valence-electron chi connectivity index (χ2n) is 12.1. The first kappa shape index (κ1) is 34.3. The Morgan fingerprint density at radius 2 is 1.29 bits per heavy atom. The van der Waals surface area contributed by atoms with Gasteiger partial charge in [0.05, 0.1) is 16.0 Å². The van der Waals surface area contributed by atoms with Crippen molar-refractivity contribution in [3.63, 3.8) is 0 Å². The summed E-state index contributed by atoms with van der Waals surface area (Å²) in [4.78, 5) is 22.5. The number of fused-ring (bicyclic) bond motifs is 1. The number of alkyl halides is 4. The van der Waals surface area contributed by atoms with Gasteiger partial charge in [-0.25, -0.2) is 4.99 Å². The second kappa shape index (κ2) is 14.7. The number of rotatable bonds is 8. The van der Waals surface area contributed by atoms with Crippen LogP contribution >= 0.6 is 34.9 Å². The minimum atomic E-state index is -2.96. The molecule has 5 nitrogen and oxygen atoms in total. The lowest BCUT2D eigenvalue weighted by molar-refractivity contribution is -0.0505. The molecule has 262 valence electrons. The number of hydrogen-bond donors (Lipinski definition) is 0. The number of benzene rings is 4. The summed E-state index contributed by atoms with van der Waals surface area (Å²) in [5.74, 6) is 0.0933. The predicted molar refractivity (Wildman–Crippen MR) is 201 cm³/mol. The topological polar surface area (TPSA) is 52.8 Å². The molecule has 0 bridgehead atoms. The largest absolute Gasteiger partial charge is 0.435 e. The van der Waals surface area contributed by atoms with Crippen molar-refractivity contribution in [1.82, 2.24) is 4.57 Å². The van der Waals surface area contributed by atoms with Crippen molar-refractivity contribution >= 4 is 55.0 Å². The van der Waals surface area contributed by atoms with Crippen LogP contribution in [0.3, 0.4) is 0 Å². The third-order valence-corrected chi connectivity index (χ3v) is 12.8. The molecule has 2 aliphatic heterocycles. The zero-order chi connectivity index (χ0) is 35.8. The lowest BCUT2D eigenvalue weighted by atomic mass is 9.84. The Bertz CT molecular complexity index is 2350. The third-order valence-electron chi connectivity index (χ3n) is 8.83. The van der Waals surface area contributed by atoms with Gasteiger partial charge in [-0.05, 0) is 83.0 Å². The molecule has 3 heterocycles. The SMILES string of the molecule is O=c1c(=C2SC(c3ccccc3)=C(c3ccccc3)S2)sc2n1C(c1ccc(OC(F)F)cc1)C1=C(N=2)C(=Cc2ccc(OC(F)F)cc2)CCC1. The van der Waals surface area contributed by atoms with Crippen LogP contribution in [-0.2, 0) is 0 Å². The van der Waals surface area contributed by atoms with E-state index in [2.05, 4.69) is 33.7 Å². The maximum absolute atomic E-state index is 14.7. The number of allylic oxidation sites excluding steroid dienone is 2. The average Bonchev–Trinajstić information content (AvgIpc) is 3.74. The van der Waals surface area contributed by atoms with Crippen molar-refractivity contribution < 1.29 is 27.0 Å². The summed E-state index contributed by atoms with van der Waals surface area (Å²) in [6.45, 7) is -5.87. The van der Waals surface area contributed by atoms with Crippen LogP contribution in [-0.4, -0.2) is 17.8 Å². The molecule has 1 unspecified atom stereocenters. The van der Waals surface area contributed by atoms with Gasteiger partial charge in [0.15, 0.2) is 4.80 Å². The average molecular weight is 757 g/mol. The highest BCUT2D eigenvalue weighted by Gasteiger charge is 2.34. The van der Waals surface area contributed by atoms with Crippen LogP contribution in [0.2, 0.25) is 0 Å². The van der Waals surface area contributed by atoms with Crippen LogP contribution < -0.4 is 24.4 Å². The van der Waals surface area contributed by atoms with Gasteiger partial charge in [-0.15, -0.1) is 0 Å². The molecular formula is C40H28F4N2O3S3. The van der Waals surface area contributed by atoms with E-state index in [0.717, 1.165) is 66.0 Å². The fourth-order valence-electron chi connectivity index (χ4n) is 6.61. The summed E-state index contributed by atoms with van der Waals surface area (Å²) in [6.07, 6.45) is 4.18. The molecule has 1 aromatic heterocycles. The van der Waals surface area contributed by atoms with Gasteiger partial charge in [0.2, 0.25) is 0 Å². The van der Waals surface area contributed by atoms with E-state index in [1.807, 2.05) is 42.5 Å². The highest BCUT2D eigenvalue weighted by Crippen LogP contribution is 2.57. The fraction of sp³-hybridized carbons (Fsp3) is 0.150. The van der Waals surface area contributed by atoms with E-state index < -0.39 is 19.3 Å². The van der Waals surface area contributed by atoms with E-state index in [1.54, 1.807) is 52.4 Å². The Kier molecular flexibility index (Phi) is 9.69. The molecule has 0 fully saturated rings. The van der Waals surface area contributed by atoms with E-state index >= 15 is 0 Å². The molecule has 0 amide bonds. The number of aromatic nitrogens is 1. The Morgan fingerprint density at radius 1 is 0.731 bits per heavy atom. The van der Waals surface area contributed by atoms with E-state index in [1.165, 1.54) is 35.6 Å². The number of thioether (sulfide) groups is 2. The minimum Gasteiger partial charge on any atom is -0.435 e. The fourth-order valence-corrected chi connectivity index (χ4v) is 10.6. The normalized spacial score (nSPS) is 17.8. The summed E-state index contributed by atoms with van der Waals surface area (Å²) in [5.41, 5.74) is 6.16. The monoisotopic (exact) mass is 756 g/mol. The first-order valence-corrected chi connectivity index (χ1v) is 18.9. The molecule has 1 atom stereocenters. The standard InChI is InChI=1S/C40H28F4N2O3S3/c41-38(42)48-28-18-14-23(15-19-28)22-27-12-7-13-30-31(27)45-40-46(32(30)24-16-20-29(21-17-24)49-39(43)44)36(47)35(52-40)37-50-33(25-8-3-1-4-9-25)34(51-37)26-10-5-2-6-11-26/h1-6,8-11,14-22,32,38-39H,7,12-13H2. The van der Waals surface area contributed by atoms with Gasteiger partial charge in [-0.2, -0.15) is 17.6 Å². The molecule has 12 heteroatoms. The lowest BCUT2D eigenvalue weighted by Gasteiger charge is -2.31. The zero-order valence-electron chi connectivity index (χ0n) is 27.2. The van der Waals surface area contributed by atoms with Crippen molar-refractivity contribution in [2.24, 2.45) is 4.99 Å². The van der Waals surface area contributed by atoms with Crippen molar-refractivity contribution in [3.8, 4) is 11.5 Å². The molecule has 5 aromatic rings. The molecule has 52 heavy (non-hydrogen) atoms. The summed E-state index contributed by atoms with van der Waals surface area (Å²) in [6, 6.07) is 32.6.